The molecule has 5 heteroatoms. The molecule has 5 nitrogen and oxygen atoms in total. The van der Waals surface area contributed by atoms with Crippen molar-refractivity contribution in [1.82, 2.24) is 9.97 Å². The van der Waals surface area contributed by atoms with Crippen molar-refractivity contribution < 1.29 is 5.11 Å². The Balaban J connectivity index is 1.71. The Morgan fingerprint density at radius 2 is 1.65 bits per heavy atom. The smallest absolute Gasteiger partial charge is 0.314 e. The van der Waals surface area contributed by atoms with Crippen LogP contribution in [-0.2, 0) is 0 Å². The summed E-state index contributed by atoms with van der Waals surface area (Å²) in [5.41, 5.74) is 0.647. The first-order valence-electron chi connectivity index (χ1n) is 7.06. The van der Waals surface area contributed by atoms with Crippen molar-refractivity contribution in [3.63, 3.8) is 0 Å². The normalized spacial score (nSPS) is 29.4. The molecule has 0 spiro atoms. The first-order valence-corrected chi connectivity index (χ1v) is 7.06. The van der Waals surface area contributed by atoms with Gasteiger partial charge in [-0.2, -0.15) is 0 Å². The van der Waals surface area contributed by atoms with E-state index in [1.54, 1.807) is 12.1 Å². The molecule has 1 heterocycles. The largest absolute Gasteiger partial charge is 0.388 e. The highest BCUT2D eigenvalue weighted by Crippen LogP contribution is 2.57. The Morgan fingerprint density at radius 1 is 1.00 bits per heavy atom. The number of H-pyrrole nitrogens is 2. The second-order valence-corrected chi connectivity index (χ2v) is 6.15. The fraction of sp³-hybridized carbons (Fsp3) is 0.467. The number of hydrogen-bond donors (Lipinski definition) is 3. The van der Waals surface area contributed by atoms with E-state index in [0.717, 1.165) is 30.2 Å². The molecule has 3 unspecified atom stereocenters. The van der Waals surface area contributed by atoms with E-state index in [0.29, 0.717) is 17.0 Å². The number of fused-ring (bicyclic) bond motifs is 2. The van der Waals surface area contributed by atoms with Gasteiger partial charge in [0.05, 0.1) is 17.1 Å². The summed E-state index contributed by atoms with van der Waals surface area (Å²) in [5.74, 6) is 1.98. The summed E-state index contributed by atoms with van der Waals surface area (Å²) in [6, 6.07) is 5.33. The fourth-order valence-electron chi connectivity index (χ4n) is 3.61. The van der Waals surface area contributed by atoms with E-state index in [1.165, 1.54) is 6.42 Å². The van der Waals surface area contributed by atoms with Crippen molar-refractivity contribution in [1.29, 1.82) is 0 Å². The maximum atomic E-state index is 11.4. The Morgan fingerprint density at radius 3 is 2.35 bits per heavy atom. The van der Waals surface area contributed by atoms with E-state index in [1.807, 2.05) is 6.07 Å². The first-order chi connectivity index (χ1) is 9.61. The van der Waals surface area contributed by atoms with Crippen LogP contribution in [0.25, 0.3) is 11.0 Å². The molecule has 2 aliphatic carbocycles. The third-order valence-corrected chi connectivity index (χ3v) is 4.81. The Kier molecular flexibility index (Phi) is 2.41. The van der Waals surface area contributed by atoms with Crippen LogP contribution in [0.1, 0.15) is 30.9 Å². The summed E-state index contributed by atoms with van der Waals surface area (Å²) < 4.78 is 0. The SMILES string of the molecule is O=c1[nH]c2ccc(C(O)C3CC4CC4C3)cc2[nH]c1=O. The lowest BCUT2D eigenvalue weighted by atomic mass is 9.91. The Hall–Kier alpha value is -1.88. The Bertz CT molecular complexity index is 782. The minimum Gasteiger partial charge on any atom is -0.388 e. The second-order valence-electron chi connectivity index (χ2n) is 6.15. The fourth-order valence-corrected chi connectivity index (χ4v) is 3.61. The maximum Gasteiger partial charge on any atom is 0.314 e. The van der Waals surface area contributed by atoms with Crippen LogP contribution in [-0.4, -0.2) is 15.1 Å². The molecule has 2 saturated carbocycles. The first kappa shape index (κ1) is 11.9. The standard InChI is InChI=1S/C15H16N2O3/c18-13(10-4-8-3-9(8)5-10)7-1-2-11-12(6-7)17-15(20)14(19)16-11/h1-2,6,8-10,13,18H,3-5H2,(H,16,19)(H,17,20). The van der Waals surface area contributed by atoms with Gasteiger partial charge in [0.25, 0.3) is 0 Å². The van der Waals surface area contributed by atoms with E-state index < -0.39 is 17.2 Å². The molecule has 0 bridgehead atoms. The minimum atomic E-state index is -0.661. The molecular formula is C15H16N2O3. The van der Waals surface area contributed by atoms with Gasteiger partial charge in [0.2, 0.25) is 0 Å². The van der Waals surface area contributed by atoms with Gasteiger partial charge in [-0.25, -0.2) is 0 Å². The average molecular weight is 272 g/mol. The highest BCUT2D eigenvalue weighted by Gasteiger charge is 2.47. The summed E-state index contributed by atoms with van der Waals surface area (Å²) in [6.45, 7) is 0. The van der Waals surface area contributed by atoms with Gasteiger partial charge in [-0.05, 0) is 54.7 Å². The van der Waals surface area contributed by atoms with Crippen LogP contribution >= 0.6 is 0 Å². The molecule has 104 valence electrons. The van der Waals surface area contributed by atoms with Crippen molar-refractivity contribution in [3.8, 4) is 0 Å². The van der Waals surface area contributed by atoms with Crippen molar-refractivity contribution in [2.45, 2.75) is 25.4 Å². The summed E-state index contributed by atoms with van der Waals surface area (Å²) in [4.78, 5) is 27.7. The monoisotopic (exact) mass is 272 g/mol. The molecule has 1 aromatic heterocycles. The van der Waals surface area contributed by atoms with Crippen molar-refractivity contribution in [2.24, 2.45) is 17.8 Å². The van der Waals surface area contributed by atoms with Crippen LogP contribution in [0.4, 0.5) is 0 Å². The number of benzene rings is 1. The van der Waals surface area contributed by atoms with Crippen LogP contribution < -0.4 is 11.1 Å². The summed E-state index contributed by atoms with van der Waals surface area (Å²) >= 11 is 0. The summed E-state index contributed by atoms with van der Waals surface area (Å²) in [7, 11) is 0. The molecule has 4 rings (SSSR count). The lowest BCUT2D eigenvalue weighted by Gasteiger charge is -2.20. The van der Waals surface area contributed by atoms with Gasteiger partial charge in [-0.15, -0.1) is 0 Å². The van der Waals surface area contributed by atoms with Crippen LogP contribution in [0.15, 0.2) is 27.8 Å². The van der Waals surface area contributed by atoms with Gasteiger partial charge in [-0.3, -0.25) is 9.59 Å². The molecule has 0 amide bonds. The zero-order chi connectivity index (χ0) is 13.9. The van der Waals surface area contributed by atoms with Crippen molar-refractivity contribution >= 4 is 11.0 Å². The molecule has 0 aliphatic heterocycles. The number of aliphatic hydroxyl groups excluding tert-OH is 1. The summed E-state index contributed by atoms with van der Waals surface area (Å²) in [5, 5.41) is 10.5. The second kappa shape index (κ2) is 4.06. The molecule has 20 heavy (non-hydrogen) atoms. The van der Waals surface area contributed by atoms with Crippen LogP contribution in [0.2, 0.25) is 0 Å². The maximum absolute atomic E-state index is 11.4. The van der Waals surface area contributed by atoms with Crippen LogP contribution in [0, 0.1) is 17.8 Å². The van der Waals surface area contributed by atoms with Gasteiger partial charge in [-0.1, -0.05) is 6.07 Å². The molecule has 2 fully saturated rings. The molecule has 2 aromatic rings. The van der Waals surface area contributed by atoms with Gasteiger partial charge in [0, 0.05) is 0 Å². The third-order valence-electron chi connectivity index (χ3n) is 4.81. The third kappa shape index (κ3) is 1.81. The molecule has 3 atom stereocenters. The molecule has 3 N–H and O–H groups in total. The minimum absolute atomic E-state index is 0.325. The number of rotatable bonds is 2. The van der Waals surface area contributed by atoms with Crippen LogP contribution in [0.5, 0.6) is 0 Å². The average Bonchev–Trinajstić information content (AvgIpc) is 3.05. The lowest BCUT2D eigenvalue weighted by Crippen LogP contribution is -2.29. The number of nitrogens with one attached hydrogen (secondary N) is 2. The highest BCUT2D eigenvalue weighted by atomic mass is 16.3. The zero-order valence-electron chi connectivity index (χ0n) is 10.9. The topological polar surface area (TPSA) is 85.9 Å². The summed E-state index contributed by atoms with van der Waals surface area (Å²) in [6.07, 6.45) is 3.05. The van der Waals surface area contributed by atoms with E-state index in [-0.39, 0.29) is 0 Å². The zero-order valence-corrected chi connectivity index (χ0v) is 10.9. The van der Waals surface area contributed by atoms with E-state index in [4.69, 9.17) is 0 Å². The van der Waals surface area contributed by atoms with Crippen molar-refractivity contribution in [3.05, 3.63) is 44.5 Å². The Labute approximate surface area is 114 Å². The number of aliphatic hydroxyl groups is 1. The molecular weight excluding hydrogens is 256 g/mol. The molecule has 2 aliphatic rings. The predicted octanol–water partition coefficient (Wildman–Crippen LogP) is 1.30. The van der Waals surface area contributed by atoms with Crippen LogP contribution in [0.3, 0.4) is 0 Å². The number of hydrogen-bond acceptors (Lipinski definition) is 3. The number of aromatic amines is 2. The highest BCUT2D eigenvalue weighted by molar-refractivity contribution is 5.74. The quantitative estimate of drug-likeness (QED) is 0.720. The molecule has 1 aromatic carbocycles. The van der Waals surface area contributed by atoms with Gasteiger partial charge in [0.1, 0.15) is 0 Å². The predicted molar refractivity (Wildman–Crippen MR) is 74.5 cm³/mol. The lowest BCUT2D eigenvalue weighted by molar-refractivity contribution is 0.104. The van der Waals surface area contributed by atoms with E-state index in [2.05, 4.69) is 9.97 Å². The van der Waals surface area contributed by atoms with E-state index in [9.17, 15) is 14.7 Å². The van der Waals surface area contributed by atoms with Gasteiger partial charge < -0.3 is 15.1 Å². The van der Waals surface area contributed by atoms with Crippen molar-refractivity contribution in [2.75, 3.05) is 0 Å². The molecule has 0 radical (unpaired) electrons. The van der Waals surface area contributed by atoms with Gasteiger partial charge in [0.15, 0.2) is 0 Å². The molecule has 0 saturated heterocycles. The van der Waals surface area contributed by atoms with E-state index >= 15 is 0 Å². The van der Waals surface area contributed by atoms with Gasteiger partial charge >= 0.3 is 11.1 Å². The number of aromatic nitrogens is 2.